The fourth-order valence-electron chi connectivity index (χ4n) is 1.55. The smallest absolute Gasteiger partial charge is 0.187 e. The first-order valence-electron chi connectivity index (χ1n) is 4.81. The molecule has 0 spiro atoms. The van der Waals surface area contributed by atoms with Crippen molar-refractivity contribution in [1.82, 2.24) is 0 Å². The van der Waals surface area contributed by atoms with Crippen molar-refractivity contribution in [1.29, 1.82) is 0 Å². The van der Waals surface area contributed by atoms with Crippen LogP contribution in [0.1, 0.15) is 11.9 Å². The van der Waals surface area contributed by atoms with E-state index in [-0.39, 0.29) is 12.4 Å². The van der Waals surface area contributed by atoms with E-state index in [0.29, 0.717) is 12.5 Å². The van der Waals surface area contributed by atoms with Gasteiger partial charge < -0.3 is 14.2 Å². The Hall–Kier alpha value is -0.770. The zero-order chi connectivity index (χ0) is 10.7. The fraction of sp³-hybridized carbons (Fsp3) is 0.455. The molecule has 0 aromatic heterocycles. The van der Waals surface area contributed by atoms with E-state index in [9.17, 15) is 0 Å². The van der Waals surface area contributed by atoms with Gasteiger partial charge in [0.25, 0.3) is 0 Å². The van der Waals surface area contributed by atoms with Gasteiger partial charge >= 0.3 is 0 Å². The highest BCUT2D eigenvalue weighted by atomic mass is 35.5. The van der Waals surface area contributed by atoms with Gasteiger partial charge in [0, 0.05) is 5.56 Å². The van der Waals surface area contributed by atoms with E-state index < -0.39 is 0 Å². The number of halogens is 1. The third-order valence-corrected chi connectivity index (χ3v) is 2.66. The summed E-state index contributed by atoms with van der Waals surface area (Å²) in [5.74, 6) is 1.23. The first-order valence-corrected chi connectivity index (χ1v) is 5.34. The SMILES string of the molecule is COc1ccccc1[C@H]1OC[C@@H](CCl)O1. The third kappa shape index (κ3) is 2.25. The minimum Gasteiger partial charge on any atom is -0.496 e. The largest absolute Gasteiger partial charge is 0.496 e. The van der Waals surface area contributed by atoms with Gasteiger partial charge in [0.15, 0.2) is 6.29 Å². The van der Waals surface area contributed by atoms with Crippen LogP contribution in [-0.2, 0) is 9.47 Å². The summed E-state index contributed by atoms with van der Waals surface area (Å²) in [7, 11) is 1.63. The fourth-order valence-corrected chi connectivity index (χ4v) is 1.72. The zero-order valence-electron chi connectivity index (χ0n) is 8.48. The van der Waals surface area contributed by atoms with E-state index in [1.54, 1.807) is 7.11 Å². The van der Waals surface area contributed by atoms with Crippen LogP contribution in [0.4, 0.5) is 0 Å². The molecule has 0 saturated carbocycles. The summed E-state index contributed by atoms with van der Waals surface area (Å²) in [4.78, 5) is 0. The highest BCUT2D eigenvalue weighted by Crippen LogP contribution is 2.33. The van der Waals surface area contributed by atoms with Gasteiger partial charge in [0.1, 0.15) is 5.75 Å². The van der Waals surface area contributed by atoms with Crippen molar-refractivity contribution in [3.63, 3.8) is 0 Å². The maximum atomic E-state index is 5.70. The number of benzene rings is 1. The Morgan fingerprint density at radius 2 is 2.27 bits per heavy atom. The molecule has 2 atom stereocenters. The first-order chi connectivity index (χ1) is 7.35. The second-order valence-corrected chi connectivity index (χ2v) is 3.63. The van der Waals surface area contributed by atoms with E-state index in [0.717, 1.165) is 11.3 Å². The normalized spacial score (nSPS) is 25.5. The molecular weight excluding hydrogens is 216 g/mol. The lowest BCUT2D eigenvalue weighted by Gasteiger charge is -2.13. The lowest BCUT2D eigenvalue weighted by molar-refractivity contribution is -0.0579. The molecule has 1 saturated heterocycles. The van der Waals surface area contributed by atoms with E-state index in [1.165, 1.54) is 0 Å². The van der Waals surface area contributed by atoms with Gasteiger partial charge in [-0.1, -0.05) is 18.2 Å². The molecule has 1 fully saturated rings. The molecule has 1 aromatic rings. The number of hydrogen-bond acceptors (Lipinski definition) is 3. The Morgan fingerprint density at radius 1 is 1.47 bits per heavy atom. The van der Waals surface area contributed by atoms with Gasteiger partial charge in [-0.2, -0.15) is 0 Å². The number of hydrogen-bond donors (Lipinski definition) is 0. The van der Waals surface area contributed by atoms with Crippen molar-refractivity contribution < 1.29 is 14.2 Å². The summed E-state index contributed by atoms with van der Waals surface area (Å²) in [6.45, 7) is 0.534. The van der Waals surface area contributed by atoms with Crippen molar-refractivity contribution in [2.45, 2.75) is 12.4 Å². The summed E-state index contributed by atoms with van der Waals surface area (Å²) < 4.78 is 16.3. The van der Waals surface area contributed by atoms with Crippen LogP contribution < -0.4 is 4.74 Å². The first kappa shape index (κ1) is 10.7. The van der Waals surface area contributed by atoms with E-state index in [4.69, 9.17) is 25.8 Å². The lowest BCUT2D eigenvalue weighted by Crippen LogP contribution is -2.11. The van der Waals surface area contributed by atoms with Crippen LogP contribution in [0.3, 0.4) is 0 Å². The Bertz CT molecular complexity index is 329. The van der Waals surface area contributed by atoms with Gasteiger partial charge in [-0.05, 0) is 6.07 Å². The molecule has 82 valence electrons. The van der Waals surface area contributed by atoms with Crippen LogP contribution >= 0.6 is 11.6 Å². The van der Waals surface area contributed by atoms with Crippen LogP contribution in [0.25, 0.3) is 0 Å². The van der Waals surface area contributed by atoms with Crippen molar-refractivity contribution in [2.24, 2.45) is 0 Å². The van der Waals surface area contributed by atoms with E-state index >= 15 is 0 Å². The second kappa shape index (κ2) is 4.84. The topological polar surface area (TPSA) is 27.7 Å². The summed E-state index contributed by atoms with van der Waals surface area (Å²) in [6, 6.07) is 7.66. The predicted molar refractivity (Wildman–Crippen MR) is 57.3 cm³/mol. The molecule has 0 radical (unpaired) electrons. The number of ether oxygens (including phenoxy) is 3. The van der Waals surface area contributed by atoms with Crippen LogP contribution in [0.2, 0.25) is 0 Å². The molecule has 15 heavy (non-hydrogen) atoms. The lowest BCUT2D eigenvalue weighted by atomic mass is 10.2. The maximum Gasteiger partial charge on any atom is 0.187 e. The number of rotatable bonds is 3. The maximum absolute atomic E-state index is 5.70. The summed E-state index contributed by atoms with van der Waals surface area (Å²) >= 11 is 5.70. The number of alkyl halides is 1. The second-order valence-electron chi connectivity index (χ2n) is 3.32. The number of methoxy groups -OCH3 is 1. The molecule has 1 aliphatic rings. The molecule has 4 heteroatoms. The average Bonchev–Trinajstić information content (AvgIpc) is 2.77. The molecule has 1 heterocycles. The van der Waals surface area contributed by atoms with Crippen LogP contribution in [0.15, 0.2) is 24.3 Å². The van der Waals surface area contributed by atoms with Crippen LogP contribution in [0.5, 0.6) is 5.75 Å². The van der Waals surface area contributed by atoms with Gasteiger partial charge in [0.05, 0.1) is 25.7 Å². The molecule has 2 rings (SSSR count). The summed E-state index contributed by atoms with van der Waals surface area (Å²) in [5, 5.41) is 0. The zero-order valence-corrected chi connectivity index (χ0v) is 9.24. The van der Waals surface area contributed by atoms with Gasteiger partial charge in [-0.3, -0.25) is 0 Å². The molecule has 0 unspecified atom stereocenters. The molecule has 0 aliphatic carbocycles. The van der Waals surface area contributed by atoms with Gasteiger partial charge in [0.2, 0.25) is 0 Å². The standard InChI is InChI=1S/C11H13ClO3/c1-13-10-5-3-2-4-9(10)11-14-7-8(6-12)15-11/h2-5,8,11H,6-7H2,1H3/t8-,11+/m1/s1. The van der Waals surface area contributed by atoms with Gasteiger partial charge in [-0.25, -0.2) is 0 Å². The van der Waals surface area contributed by atoms with E-state index in [1.807, 2.05) is 24.3 Å². The average molecular weight is 229 g/mol. The molecule has 1 aromatic carbocycles. The van der Waals surface area contributed by atoms with Crippen molar-refractivity contribution in [3.8, 4) is 5.75 Å². The monoisotopic (exact) mass is 228 g/mol. The van der Waals surface area contributed by atoms with E-state index in [2.05, 4.69) is 0 Å². The van der Waals surface area contributed by atoms with Crippen molar-refractivity contribution >= 4 is 11.6 Å². The van der Waals surface area contributed by atoms with Crippen molar-refractivity contribution in [3.05, 3.63) is 29.8 Å². The Balaban J connectivity index is 2.16. The molecule has 3 nitrogen and oxygen atoms in total. The minimum absolute atomic E-state index is 0.0263. The van der Waals surface area contributed by atoms with Crippen molar-refractivity contribution in [2.75, 3.05) is 19.6 Å². The molecule has 0 N–H and O–H groups in total. The number of para-hydroxylation sites is 1. The highest BCUT2D eigenvalue weighted by Gasteiger charge is 2.28. The van der Waals surface area contributed by atoms with Gasteiger partial charge in [-0.15, -0.1) is 11.6 Å². The van der Waals surface area contributed by atoms with Crippen LogP contribution in [-0.4, -0.2) is 25.7 Å². The molecular formula is C11H13ClO3. The molecule has 1 aliphatic heterocycles. The summed E-state index contributed by atoms with van der Waals surface area (Å²) in [6.07, 6.45) is -0.383. The highest BCUT2D eigenvalue weighted by molar-refractivity contribution is 6.18. The Morgan fingerprint density at radius 3 is 2.93 bits per heavy atom. The predicted octanol–water partition coefficient (Wildman–Crippen LogP) is 2.35. The third-order valence-electron chi connectivity index (χ3n) is 2.31. The minimum atomic E-state index is -0.357. The Kier molecular flexibility index (Phi) is 3.46. The summed E-state index contributed by atoms with van der Waals surface area (Å²) in [5.41, 5.74) is 0.910. The quantitative estimate of drug-likeness (QED) is 0.744. The van der Waals surface area contributed by atoms with Crippen LogP contribution in [0, 0.1) is 0 Å². The Labute approximate surface area is 93.9 Å². The molecule has 0 amide bonds. The molecule has 0 bridgehead atoms.